The molecule has 0 spiro atoms. The summed E-state index contributed by atoms with van der Waals surface area (Å²) in [4.78, 5) is 10.3. The van der Waals surface area contributed by atoms with Gasteiger partial charge in [0, 0.05) is 9.40 Å². The van der Waals surface area contributed by atoms with Gasteiger partial charge in [-0.15, -0.1) is 0 Å². The summed E-state index contributed by atoms with van der Waals surface area (Å²) in [5.74, 6) is 0. The van der Waals surface area contributed by atoms with Crippen LogP contribution in [0.3, 0.4) is 0 Å². The Balaban J connectivity index is 3.04. The molecular weight excluding hydrogens is 258 g/mol. The molecule has 0 amide bonds. The number of rotatable bonds is 3. The third kappa shape index (κ3) is 3.02. The summed E-state index contributed by atoms with van der Waals surface area (Å²) in [5, 5.41) is 10.5. The van der Waals surface area contributed by atoms with E-state index in [9.17, 15) is 10.1 Å². The molecule has 0 fully saturated rings. The van der Waals surface area contributed by atoms with Crippen molar-refractivity contribution in [1.82, 2.24) is 0 Å². The minimum atomic E-state index is -0.422. The molecule has 1 aromatic carbocycles. The van der Waals surface area contributed by atoms with E-state index in [1.165, 1.54) is 0 Å². The summed E-state index contributed by atoms with van der Waals surface area (Å²) < 4.78 is 1.03. The first-order chi connectivity index (χ1) is 6.83. The van der Waals surface area contributed by atoms with Crippen LogP contribution in [0.4, 0.5) is 0 Å². The van der Waals surface area contributed by atoms with Crippen LogP contribution in [0.2, 0.25) is 0 Å². The Morgan fingerprint density at radius 3 is 2.53 bits per heavy atom. The van der Waals surface area contributed by atoms with Crippen molar-refractivity contribution in [2.75, 3.05) is 6.54 Å². The van der Waals surface area contributed by atoms with Crippen LogP contribution in [0.25, 0.3) is 0 Å². The lowest BCUT2D eigenvalue weighted by molar-refractivity contribution is -0.489. The van der Waals surface area contributed by atoms with Crippen molar-refractivity contribution in [2.45, 2.75) is 26.2 Å². The van der Waals surface area contributed by atoms with Crippen LogP contribution in [0.15, 0.2) is 22.7 Å². The molecule has 0 aromatic heterocycles. The van der Waals surface area contributed by atoms with Crippen molar-refractivity contribution in [3.8, 4) is 0 Å². The van der Waals surface area contributed by atoms with E-state index in [-0.39, 0.29) is 11.5 Å². The first-order valence-corrected chi connectivity index (χ1v) is 5.50. The molecule has 0 saturated carbocycles. The fraction of sp³-hybridized carbons (Fsp3) is 0.455. The van der Waals surface area contributed by atoms with E-state index in [4.69, 9.17) is 0 Å². The van der Waals surface area contributed by atoms with E-state index >= 15 is 0 Å². The molecule has 0 atom stereocenters. The second-order valence-corrected chi connectivity index (χ2v) is 5.19. The summed E-state index contributed by atoms with van der Waals surface area (Å²) in [6.45, 7) is 5.71. The smallest absolute Gasteiger partial charge is 0.212 e. The van der Waals surface area contributed by atoms with E-state index in [0.29, 0.717) is 0 Å². The van der Waals surface area contributed by atoms with Crippen molar-refractivity contribution in [1.29, 1.82) is 0 Å². The molecule has 0 unspecified atom stereocenters. The van der Waals surface area contributed by atoms with E-state index in [1.807, 2.05) is 39.0 Å². The molecule has 0 heterocycles. The van der Waals surface area contributed by atoms with Crippen LogP contribution in [-0.4, -0.2) is 11.5 Å². The molecule has 15 heavy (non-hydrogen) atoms. The molecule has 0 aliphatic carbocycles. The van der Waals surface area contributed by atoms with Crippen molar-refractivity contribution in [2.24, 2.45) is 0 Å². The number of benzene rings is 1. The lowest BCUT2D eigenvalue weighted by Crippen LogP contribution is -2.27. The Bertz CT molecular complexity index is 388. The first-order valence-electron chi connectivity index (χ1n) is 4.71. The highest BCUT2D eigenvalue weighted by Crippen LogP contribution is 2.27. The summed E-state index contributed by atoms with van der Waals surface area (Å²) in [6, 6.07) is 5.86. The molecule has 1 rings (SSSR count). The standard InChI is InChI=1S/C11H14BrNO2/c1-8-6-9(4-5-10(8)12)11(2,3)7-13(14)15/h4-6H,7H2,1-3H3. The van der Waals surface area contributed by atoms with Crippen LogP contribution in [0.5, 0.6) is 0 Å². The number of halogens is 1. The average molecular weight is 272 g/mol. The highest BCUT2D eigenvalue weighted by atomic mass is 79.9. The van der Waals surface area contributed by atoms with Gasteiger partial charge in [0.25, 0.3) is 0 Å². The highest BCUT2D eigenvalue weighted by molar-refractivity contribution is 9.10. The van der Waals surface area contributed by atoms with E-state index < -0.39 is 5.41 Å². The molecule has 0 aliphatic heterocycles. The fourth-order valence-corrected chi connectivity index (χ4v) is 1.73. The van der Waals surface area contributed by atoms with Gasteiger partial charge in [0.1, 0.15) is 0 Å². The first kappa shape index (κ1) is 12.2. The highest BCUT2D eigenvalue weighted by Gasteiger charge is 2.27. The van der Waals surface area contributed by atoms with Crippen LogP contribution < -0.4 is 0 Å². The second kappa shape index (κ2) is 4.31. The Labute approximate surface area is 97.8 Å². The van der Waals surface area contributed by atoms with Gasteiger partial charge in [-0.05, 0) is 38.0 Å². The number of hydrogen-bond acceptors (Lipinski definition) is 2. The molecule has 3 nitrogen and oxygen atoms in total. The maximum atomic E-state index is 10.5. The van der Waals surface area contributed by atoms with Gasteiger partial charge in [0.15, 0.2) is 0 Å². The van der Waals surface area contributed by atoms with Gasteiger partial charge in [-0.1, -0.05) is 28.1 Å². The van der Waals surface area contributed by atoms with E-state index in [2.05, 4.69) is 15.9 Å². The summed E-state index contributed by atoms with van der Waals surface area (Å²) >= 11 is 3.41. The monoisotopic (exact) mass is 271 g/mol. The molecule has 82 valence electrons. The van der Waals surface area contributed by atoms with Gasteiger partial charge >= 0.3 is 0 Å². The molecule has 0 saturated heterocycles. The quantitative estimate of drug-likeness (QED) is 0.625. The maximum Gasteiger partial charge on any atom is 0.212 e. The van der Waals surface area contributed by atoms with Crippen molar-refractivity contribution in [3.63, 3.8) is 0 Å². The predicted molar refractivity (Wildman–Crippen MR) is 63.8 cm³/mol. The van der Waals surface area contributed by atoms with E-state index in [1.54, 1.807) is 0 Å². The normalized spacial score (nSPS) is 11.5. The molecule has 0 N–H and O–H groups in total. The van der Waals surface area contributed by atoms with Gasteiger partial charge < -0.3 is 0 Å². The molecular formula is C11H14BrNO2. The Kier molecular flexibility index (Phi) is 3.50. The van der Waals surface area contributed by atoms with Crippen LogP contribution in [0, 0.1) is 17.0 Å². The lowest BCUT2D eigenvalue weighted by Gasteiger charge is -2.21. The largest absolute Gasteiger partial charge is 0.265 e. The lowest BCUT2D eigenvalue weighted by atomic mass is 9.84. The van der Waals surface area contributed by atoms with Gasteiger partial charge in [-0.3, -0.25) is 10.1 Å². The van der Waals surface area contributed by atoms with Gasteiger partial charge in [-0.25, -0.2) is 0 Å². The zero-order valence-corrected chi connectivity index (χ0v) is 10.7. The third-order valence-corrected chi connectivity index (χ3v) is 3.35. The topological polar surface area (TPSA) is 43.1 Å². The predicted octanol–water partition coefficient (Wildman–Crippen LogP) is 3.31. The summed E-state index contributed by atoms with van der Waals surface area (Å²) in [7, 11) is 0. The summed E-state index contributed by atoms with van der Waals surface area (Å²) in [6.07, 6.45) is 0. The molecule has 0 radical (unpaired) electrons. The minimum absolute atomic E-state index is 0.0475. The minimum Gasteiger partial charge on any atom is -0.265 e. The van der Waals surface area contributed by atoms with Gasteiger partial charge in [-0.2, -0.15) is 0 Å². The Morgan fingerprint density at radius 2 is 2.07 bits per heavy atom. The number of nitro groups is 1. The average Bonchev–Trinajstić information content (AvgIpc) is 2.07. The zero-order valence-electron chi connectivity index (χ0n) is 9.08. The number of hydrogen-bond donors (Lipinski definition) is 0. The number of aryl methyl sites for hydroxylation is 1. The molecule has 0 aliphatic rings. The maximum absolute atomic E-state index is 10.5. The third-order valence-electron chi connectivity index (χ3n) is 2.46. The van der Waals surface area contributed by atoms with E-state index in [0.717, 1.165) is 15.6 Å². The molecule has 0 bridgehead atoms. The van der Waals surface area contributed by atoms with Crippen molar-refractivity contribution < 1.29 is 4.92 Å². The zero-order chi connectivity index (χ0) is 11.6. The van der Waals surface area contributed by atoms with Gasteiger partial charge in [0.05, 0.1) is 5.41 Å². The molecule has 1 aromatic rings. The Hall–Kier alpha value is -0.900. The van der Waals surface area contributed by atoms with Crippen molar-refractivity contribution >= 4 is 15.9 Å². The van der Waals surface area contributed by atoms with Crippen LogP contribution in [0.1, 0.15) is 25.0 Å². The van der Waals surface area contributed by atoms with Gasteiger partial charge in [0.2, 0.25) is 6.54 Å². The summed E-state index contributed by atoms with van der Waals surface area (Å²) in [5.41, 5.74) is 1.68. The SMILES string of the molecule is Cc1cc(C(C)(C)C[N+](=O)[O-])ccc1Br. The Morgan fingerprint density at radius 1 is 1.47 bits per heavy atom. The van der Waals surface area contributed by atoms with Crippen LogP contribution >= 0.6 is 15.9 Å². The van der Waals surface area contributed by atoms with Crippen molar-refractivity contribution in [3.05, 3.63) is 43.9 Å². The second-order valence-electron chi connectivity index (χ2n) is 4.34. The molecule has 4 heteroatoms. The number of nitrogens with zero attached hydrogens (tertiary/aromatic N) is 1. The fourth-order valence-electron chi connectivity index (χ4n) is 1.48. The van der Waals surface area contributed by atoms with Crippen LogP contribution in [-0.2, 0) is 5.41 Å².